The van der Waals surface area contributed by atoms with Gasteiger partial charge >= 0.3 is 0 Å². The van der Waals surface area contributed by atoms with Gasteiger partial charge in [0, 0.05) is 54.6 Å². The smallest absolute Gasteiger partial charge is 0.268 e. The lowest BCUT2D eigenvalue weighted by molar-refractivity contribution is -0.0416. The molecule has 3 aromatic carbocycles. The Morgan fingerprint density at radius 2 is 1.76 bits per heavy atom. The third-order valence-electron chi connectivity index (χ3n) is 11.9. The van der Waals surface area contributed by atoms with Crippen molar-refractivity contribution in [3.05, 3.63) is 106 Å². The van der Waals surface area contributed by atoms with Crippen LogP contribution in [0.4, 0.5) is 0 Å². The predicted octanol–water partition coefficient (Wildman–Crippen LogP) is 5.36. The van der Waals surface area contributed by atoms with Crippen molar-refractivity contribution in [2.24, 2.45) is 34.2 Å². The Kier molecular flexibility index (Phi) is 10.8. The number of benzene rings is 3. The molecule has 1 fully saturated rings. The molecule has 0 aromatic heterocycles. The highest BCUT2D eigenvalue weighted by Crippen LogP contribution is 2.54. The van der Waals surface area contributed by atoms with Crippen molar-refractivity contribution >= 4 is 16.1 Å². The number of rotatable bonds is 7. The lowest BCUT2D eigenvalue weighted by Gasteiger charge is -2.41. The van der Waals surface area contributed by atoms with E-state index in [2.05, 4.69) is 16.8 Å². The first-order chi connectivity index (χ1) is 25.9. The Hall–Kier alpha value is -4.38. The Morgan fingerprint density at radius 3 is 2.43 bits per heavy atom. The highest BCUT2D eigenvalue weighted by atomic mass is 32.2. The largest absolute Gasteiger partial charge is 0.508 e. The molecule has 1 saturated heterocycles. The van der Waals surface area contributed by atoms with Gasteiger partial charge in [0.25, 0.3) is 10.1 Å². The van der Waals surface area contributed by atoms with Crippen LogP contribution in [0.25, 0.3) is 0 Å². The molecule has 286 valence electrons. The number of nitrogens with zero attached hydrogens (tertiary/aromatic N) is 1. The van der Waals surface area contributed by atoms with Crippen LogP contribution >= 0.6 is 0 Å². The zero-order chi connectivity index (χ0) is 38.2. The molecule has 1 aliphatic carbocycles. The summed E-state index contributed by atoms with van der Waals surface area (Å²) in [6, 6.07) is 20.2. The van der Waals surface area contributed by atoms with Crippen LogP contribution in [-0.4, -0.2) is 58.8 Å². The first kappa shape index (κ1) is 37.9. The number of aliphatic hydroxyl groups is 2. The van der Waals surface area contributed by atoms with Crippen LogP contribution in [0.3, 0.4) is 0 Å². The molecule has 0 amide bonds. The second-order valence-electron chi connectivity index (χ2n) is 15.2. The van der Waals surface area contributed by atoms with E-state index in [1.54, 1.807) is 12.1 Å². The van der Waals surface area contributed by atoms with E-state index >= 15 is 0 Å². The van der Waals surface area contributed by atoms with Crippen LogP contribution in [0.5, 0.6) is 11.5 Å². The van der Waals surface area contributed by atoms with Crippen LogP contribution in [-0.2, 0) is 20.6 Å². The summed E-state index contributed by atoms with van der Waals surface area (Å²) >= 11 is 0. The van der Waals surface area contributed by atoms with Gasteiger partial charge in [0.2, 0.25) is 5.72 Å². The summed E-state index contributed by atoms with van der Waals surface area (Å²) < 4.78 is 52.3. The molecular formula is C42H49N3O8S. The van der Waals surface area contributed by atoms with Crippen molar-refractivity contribution in [2.45, 2.75) is 86.9 Å². The molecule has 9 atom stereocenters. The fourth-order valence-corrected chi connectivity index (χ4v) is 10.4. The summed E-state index contributed by atoms with van der Waals surface area (Å²) in [5.74, 6) is 5.11. The van der Waals surface area contributed by atoms with Crippen molar-refractivity contribution in [1.82, 2.24) is 0 Å². The van der Waals surface area contributed by atoms with Gasteiger partial charge in [-0.05, 0) is 90.8 Å². The van der Waals surface area contributed by atoms with Crippen LogP contribution in [0.2, 0.25) is 0 Å². The van der Waals surface area contributed by atoms with Crippen LogP contribution in [0.1, 0.15) is 97.6 Å². The molecule has 6 aliphatic heterocycles. The van der Waals surface area contributed by atoms with E-state index in [0.29, 0.717) is 49.0 Å². The van der Waals surface area contributed by atoms with Gasteiger partial charge in [0.1, 0.15) is 17.6 Å². The number of aromatic hydroxyl groups is 1. The zero-order valence-electron chi connectivity index (χ0n) is 30.3. The minimum atomic E-state index is -4.61. The molecule has 3 aromatic rings. The van der Waals surface area contributed by atoms with Gasteiger partial charge in [-0.15, -0.1) is 0 Å². The van der Waals surface area contributed by atoms with Crippen LogP contribution < -0.4 is 16.2 Å². The van der Waals surface area contributed by atoms with Gasteiger partial charge in [-0.2, -0.15) is 8.42 Å². The van der Waals surface area contributed by atoms with E-state index in [4.69, 9.17) is 20.9 Å². The number of phenols is 1. The van der Waals surface area contributed by atoms with Crippen LogP contribution in [0.15, 0.2) is 83.4 Å². The summed E-state index contributed by atoms with van der Waals surface area (Å²) in [7, 11) is -4.61. The summed E-state index contributed by atoms with van der Waals surface area (Å²) in [5, 5.41) is 29.8. The highest BCUT2D eigenvalue weighted by Gasteiger charge is 2.48. The molecule has 11 nitrogen and oxygen atoms in total. The normalized spacial score (nSPS) is 30.2. The van der Waals surface area contributed by atoms with E-state index in [0.717, 1.165) is 22.3 Å². The second-order valence-corrected chi connectivity index (χ2v) is 16.8. The topological polar surface area (TPSA) is 198 Å². The molecule has 0 saturated carbocycles. The van der Waals surface area contributed by atoms with Crippen molar-refractivity contribution in [3.63, 3.8) is 0 Å². The number of phenolic OH excluding ortho intramolecular Hbond substituents is 1. The number of allylic oxidation sites excluding steroid dienone is 1. The molecular weight excluding hydrogens is 707 g/mol. The molecule has 0 radical (unpaired) electrons. The summed E-state index contributed by atoms with van der Waals surface area (Å²) in [6.07, 6.45) is 3.90. The predicted molar refractivity (Wildman–Crippen MR) is 205 cm³/mol. The minimum absolute atomic E-state index is 0.0720. The number of nitrogens with two attached hydrogens (primary N) is 2. The molecule has 8 bridgehead atoms. The zero-order valence-corrected chi connectivity index (χ0v) is 31.2. The Morgan fingerprint density at radius 1 is 1.02 bits per heavy atom. The van der Waals surface area contributed by atoms with E-state index in [-0.39, 0.29) is 61.4 Å². The fourth-order valence-electron chi connectivity index (χ4n) is 9.27. The van der Waals surface area contributed by atoms with Crippen LogP contribution in [0, 0.1) is 29.6 Å². The average molecular weight is 756 g/mol. The molecule has 0 unspecified atom stereocenters. The van der Waals surface area contributed by atoms with E-state index in [1.807, 2.05) is 67.6 Å². The molecule has 10 rings (SSSR count). The highest BCUT2D eigenvalue weighted by molar-refractivity contribution is 7.86. The first-order valence-corrected chi connectivity index (χ1v) is 20.3. The third-order valence-corrected chi connectivity index (χ3v) is 13.1. The number of fused-ring (bicyclic) bond motifs is 7. The van der Waals surface area contributed by atoms with Gasteiger partial charge in [0.05, 0.1) is 11.4 Å². The lowest BCUT2D eigenvalue weighted by Crippen LogP contribution is -2.39. The van der Waals surface area contributed by atoms with E-state index in [1.165, 1.54) is 0 Å². The molecule has 6 heterocycles. The number of aliphatic imine (C=N–C) groups is 1. The number of guanidine groups is 1. The Bertz CT molecular complexity index is 2070. The molecule has 12 heteroatoms. The van der Waals surface area contributed by atoms with Gasteiger partial charge < -0.3 is 36.3 Å². The van der Waals surface area contributed by atoms with Gasteiger partial charge in [-0.1, -0.05) is 67.3 Å². The lowest BCUT2D eigenvalue weighted by atomic mass is 9.65. The maximum atomic E-state index is 13.8. The van der Waals surface area contributed by atoms with E-state index < -0.39 is 39.2 Å². The van der Waals surface area contributed by atoms with Crippen molar-refractivity contribution in [1.29, 1.82) is 0 Å². The van der Waals surface area contributed by atoms with Crippen molar-refractivity contribution < 1.29 is 37.8 Å². The quantitative estimate of drug-likeness (QED) is 0.0600. The SMILES string of the molecule is CC[C@H]1C[C@@H](S(=O)(=O)O)[C@@H]2C=C3C[C@@H](C[C@H]4O[C@H]3c3ccc(O)cc3C#CC[C@H]4CO)[C@@H]2c2ccc(cc2)[C@@](CCCO)(N=C(N)N)Oc2ccc1cc2. The van der Waals surface area contributed by atoms with Crippen molar-refractivity contribution in [3.8, 4) is 23.3 Å². The van der Waals surface area contributed by atoms with Gasteiger partial charge in [-0.25, -0.2) is 4.99 Å². The molecule has 8 N–H and O–H groups in total. The number of hydrogen-bond donors (Lipinski definition) is 6. The molecule has 54 heavy (non-hydrogen) atoms. The summed E-state index contributed by atoms with van der Waals surface area (Å²) in [4.78, 5) is 4.61. The first-order valence-electron chi connectivity index (χ1n) is 18.8. The number of aliphatic hydroxyl groups excluding tert-OH is 2. The number of hydrogen-bond acceptors (Lipinski definition) is 8. The minimum Gasteiger partial charge on any atom is -0.508 e. The molecule has 7 aliphatic rings. The standard InChI is InChI=1S/C42H49N3O8S/c1-2-25-23-38(54(49,50)51)36-21-31-19-30(22-37-29(24-47)6-3-5-28-20-33(48)13-16-35(28)40(31)52-37)39(36)27-7-11-32(12-8-27)42(17-4-18-46,45-41(43)44)53-34-14-9-26(25)10-15-34/h7-16,20-21,25,29-30,36-40,46-48H,2,4,6,17-19,22-24H2,1H3,(H4,43,44,45)(H,49,50,51)/t25-,29-,30-,36-,37+,38+,39-,40+,42-/m0/s1. The fraction of sp³-hybridized carbons (Fsp3) is 0.452. The Balaban J connectivity index is 1.46. The van der Waals surface area contributed by atoms with Crippen molar-refractivity contribution in [2.75, 3.05) is 13.2 Å². The Labute approximate surface area is 316 Å². The number of ether oxygens (including phenoxy) is 2. The maximum Gasteiger partial charge on any atom is 0.268 e. The maximum absolute atomic E-state index is 13.8. The second kappa shape index (κ2) is 15.4. The van der Waals surface area contributed by atoms with E-state index in [9.17, 15) is 28.3 Å². The third kappa shape index (κ3) is 7.48. The van der Waals surface area contributed by atoms with Gasteiger partial charge in [0.15, 0.2) is 5.96 Å². The van der Waals surface area contributed by atoms with Gasteiger partial charge in [-0.3, -0.25) is 4.55 Å². The average Bonchev–Trinajstić information content (AvgIpc) is 3.23. The summed E-state index contributed by atoms with van der Waals surface area (Å²) in [5.41, 5.74) is 15.3. The monoisotopic (exact) mass is 755 g/mol. The summed E-state index contributed by atoms with van der Waals surface area (Å²) in [6.45, 7) is 1.76. The molecule has 0 spiro atoms.